The summed E-state index contributed by atoms with van der Waals surface area (Å²) in [6.07, 6.45) is 0. The van der Waals surface area contributed by atoms with Crippen molar-refractivity contribution in [1.29, 1.82) is 0 Å². The summed E-state index contributed by atoms with van der Waals surface area (Å²) in [6.45, 7) is 1.65. The molecule has 40 heavy (non-hydrogen) atoms. The van der Waals surface area contributed by atoms with E-state index in [-0.39, 0.29) is 22.6 Å². The molecular formula is C19H9ClF16N2OS. The highest BCUT2D eigenvalue weighted by Crippen LogP contribution is 2.64. The third kappa shape index (κ3) is 4.83. The van der Waals surface area contributed by atoms with Crippen LogP contribution in [0.1, 0.15) is 5.56 Å². The maximum absolute atomic E-state index is 14.1. The number of anilines is 1. The quantitative estimate of drug-likeness (QED) is 0.207. The molecule has 0 aliphatic rings. The normalized spacial score (nSPS) is 14.8. The van der Waals surface area contributed by atoms with Crippen LogP contribution < -0.4 is 5.32 Å². The largest absolute Gasteiger partial charge is 0.393 e. The van der Waals surface area contributed by atoms with E-state index in [2.05, 4.69) is 16.6 Å². The first kappa shape index (κ1) is 33.7. The zero-order valence-corrected chi connectivity index (χ0v) is 20.1. The van der Waals surface area contributed by atoms with Crippen LogP contribution in [0.25, 0.3) is 11.3 Å². The Labute approximate surface area is 220 Å². The first-order valence-corrected chi connectivity index (χ1v) is 10.9. The third-order valence-corrected chi connectivity index (χ3v) is 6.07. The van der Waals surface area contributed by atoms with Crippen LogP contribution in [-0.4, -0.2) is 57.7 Å². The van der Waals surface area contributed by atoms with Gasteiger partial charge in [0, 0.05) is 10.9 Å². The Morgan fingerprint density at radius 1 is 0.700 bits per heavy atom. The zero-order chi connectivity index (χ0) is 31.5. The number of aromatic nitrogens is 1. The Hall–Kier alpha value is -2.51. The highest BCUT2D eigenvalue weighted by Gasteiger charge is 2.95. The van der Waals surface area contributed by atoms with E-state index in [1.807, 2.05) is 0 Å². The molecule has 21 heteroatoms. The van der Waals surface area contributed by atoms with E-state index in [1.165, 1.54) is 24.3 Å². The fraction of sp³-hybridized carbons (Fsp3) is 0.474. The van der Waals surface area contributed by atoms with Gasteiger partial charge in [-0.25, -0.2) is 4.98 Å². The minimum absolute atomic E-state index is 0.133. The molecule has 1 N–H and O–H groups in total. The second-order valence-corrected chi connectivity index (χ2v) is 9.21. The van der Waals surface area contributed by atoms with Gasteiger partial charge in [0.25, 0.3) is 0 Å². The smallest absolute Gasteiger partial charge is 0.296 e. The number of carbonyl (C=O) groups is 1. The second kappa shape index (κ2) is 9.80. The zero-order valence-electron chi connectivity index (χ0n) is 18.6. The molecule has 1 heterocycles. The number of nitrogens with one attached hydrogen (secondary N) is 1. The van der Waals surface area contributed by atoms with Crippen LogP contribution in [0.15, 0.2) is 29.6 Å². The first-order chi connectivity index (χ1) is 17.6. The van der Waals surface area contributed by atoms with Crippen LogP contribution in [0.5, 0.6) is 0 Å². The summed E-state index contributed by atoms with van der Waals surface area (Å²) in [6, 6.07) is 5.79. The van der Waals surface area contributed by atoms with Crippen molar-refractivity contribution in [1.82, 2.24) is 4.98 Å². The number of thiazole rings is 1. The van der Waals surface area contributed by atoms with Crippen molar-refractivity contribution in [2.75, 3.05) is 5.32 Å². The Bertz CT molecular complexity index is 1240. The number of rotatable bonds is 10. The molecule has 226 valence electrons. The molecule has 0 atom stereocenters. The van der Waals surface area contributed by atoms with Gasteiger partial charge in [-0.3, -0.25) is 10.1 Å². The fourth-order valence-electron chi connectivity index (χ4n) is 2.67. The van der Waals surface area contributed by atoms with E-state index >= 15 is 0 Å². The Morgan fingerprint density at radius 2 is 1.10 bits per heavy atom. The Balaban J connectivity index is 2.46. The molecule has 0 bridgehead atoms. The minimum atomic E-state index is -8.65. The molecule has 0 unspecified atom stereocenters. The monoisotopic (exact) mass is 652 g/mol. The SMILES string of the molecule is Cc1ccc(-c2csc(NC(=O)C(F)(F)C(F)(F)C(F)(F)C(F)(F)C(F)(F)C(F)(F)C(F)(F)C(F)(F)Cl)n2)cc1. The molecule has 0 radical (unpaired) electrons. The van der Waals surface area contributed by atoms with Gasteiger partial charge in [-0.15, -0.1) is 11.3 Å². The van der Waals surface area contributed by atoms with Gasteiger partial charge >= 0.3 is 52.7 Å². The molecule has 0 spiro atoms. The lowest BCUT2D eigenvalue weighted by Gasteiger charge is -2.42. The number of alkyl halides is 17. The van der Waals surface area contributed by atoms with Gasteiger partial charge < -0.3 is 0 Å². The van der Waals surface area contributed by atoms with E-state index in [9.17, 15) is 75.0 Å². The van der Waals surface area contributed by atoms with Gasteiger partial charge in [-0.2, -0.15) is 70.2 Å². The maximum Gasteiger partial charge on any atom is 0.393 e. The lowest BCUT2D eigenvalue weighted by atomic mass is 9.89. The molecule has 1 aromatic carbocycles. The maximum atomic E-state index is 14.1. The number of aryl methyl sites for hydroxylation is 1. The van der Waals surface area contributed by atoms with Crippen molar-refractivity contribution in [3.8, 4) is 11.3 Å². The van der Waals surface area contributed by atoms with E-state index in [0.717, 1.165) is 16.3 Å². The highest BCUT2D eigenvalue weighted by atomic mass is 35.5. The fourth-order valence-corrected chi connectivity index (χ4v) is 3.50. The lowest BCUT2D eigenvalue weighted by Crippen LogP contribution is -2.75. The molecule has 2 rings (SSSR count). The standard InChI is InChI=1S/C19H9ClF16N2OS/c1-7-2-4-8(5-3-7)9-6-40-11(37-9)38-10(39)12(21,22)13(23,24)14(25,26)15(27,28)16(29,30)17(31,32)18(33,34)19(20,35)36/h2-6H,1H3,(H,37,38,39). The lowest BCUT2D eigenvalue weighted by molar-refractivity contribution is -0.445. The van der Waals surface area contributed by atoms with Crippen molar-refractivity contribution in [3.05, 3.63) is 35.2 Å². The molecule has 2 aromatic rings. The number of amides is 1. The first-order valence-electron chi connectivity index (χ1n) is 9.66. The highest BCUT2D eigenvalue weighted by molar-refractivity contribution is 7.14. The minimum Gasteiger partial charge on any atom is -0.296 e. The molecule has 3 nitrogen and oxygen atoms in total. The summed E-state index contributed by atoms with van der Waals surface area (Å²) >= 11 is 3.64. The van der Waals surface area contributed by atoms with Crippen LogP contribution >= 0.6 is 22.9 Å². The van der Waals surface area contributed by atoms with E-state index < -0.39 is 57.9 Å². The van der Waals surface area contributed by atoms with E-state index in [4.69, 9.17) is 0 Å². The predicted molar refractivity (Wildman–Crippen MR) is 106 cm³/mol. The van der Waals surface area contributed by atoms with E-state index in [0.29, 0.717) is 0 Å². The van der Waals surface area contributed by atoms with Gasteiger partial charge in [0.2, 0.25) is 0 Å². The van der Waals surface area contributed by atoms with Crippen molar-refractivity contribution in [2.24, 2.45) is 0 Å². The number of nitrogens with zero attached hydrogens (tertiary/aromatic N) is 1. The Morgan fingerprint density at radius 3 is 1.52 bits per heavy atom. The topological polar surface area (TPSA) is 42.0 Å². The number of benzene rings is 1. The summed E-state index contributed by atoms with van der Waals surface area (Å²) < 4.78 is 217. The molecule has 1 amide bonds. The molecule has 0 saturated carbocycles. The van der Waals surface area contributed by atoms with Crippen LogP contribution in [0.2, 0.25) is 0 Å². The van der Waals surface area contributed by atoms with Crippen LogP contribution in [0, 0.1) is 6.92 Å². The molecule has 0 saturated heterocycles. The average molecular weight is 653 g/mol. The summed E-state index contributed by atoms with van der Waals surface area (Å²) in [5.41, 5.74) is 0.815. The van der Waals surface area contributed by atoms with Crippen molar-refractivity contribution >= 4 is 34.0 Å². The summed E-state index contributed by atoms with van der Waals surface area (Å²) in [4.78, 5) is 15.1. The van der Waals surface area contributed by atoms with Crippen LogP contribution in [0.4, 0.5) is 75.4 Å². The number of hydrogen-bond acceptors (Lipinski definition) is 3. The average Bonchev–Trinajstić information content (AvgIpc) is 3.26. The Kier molecular flexibility index (Phi) is 8.25. The predicted octanol–water partition coefficient (Wildman–Crippen LogP) is 8.34. The van der Waals surface area contributed by atoms with Crippen molar-refractivity contribution in [2.45, 2.75) is 53.8 Å². The molecule has 0 fully saturated rings. The summed E-state index contributed by atoms with van der Waals surface area (Å²) in [5.74, 6) is -60.8. The van der Waals surface area contributed by atoms with Gasteiger partial charge in [-0.05, 0) is 18.5 Å². The summed E-state index contributed by atoms with van der Waals surface area (Å²) in [5, 5.41) is -6.13. The van der Waals surface area contributed by atoms with Gasteiger partial charge in [0.1, 0.15) is 0 Å². The van der Waals surface area contributed by atoms with Crippen molar-refractivity contribution in [3.63, 3.8) is 0 Å². The third-order valence-electron chi connectivity index (χ3n) is 5.08. The van der Waals surface area contributed by atoms with Gasteiger partial charge in [0.05, 0.1) is 5.69 Å². The summed E-state index contributed by atoms with van der Waals surface area (Å²) in [7, 11) is 0. The van der Waals surface area contributed by atoms with E-state index in [1.54, 1.807) is 6.92 Å². The number of carbonyl (C=O) groups excluding carboxylic acids is 1. The molecule has 0 aliphatic heterocycles. The number of hydrogen-bond donors (Lipinski definition) is 1. The van der Waals surface area contributed by atoms with Crippen molar-refractivity contribution < 1.29 is 75.0 Å². The molecular weight excluding hydrogens is 644 g/mol. The van der Waals surface area contributed by atoms with Crippen LogP contribution in [-0.2, 0) is 4.79 Å². The van der Waals surface area contributed by atoms with Crippen LogP contribution in [0.3, 0.4) is 0 Å². The second-order valence-electron chi connectivity index (χ2n) is 7.88. The van der Waals surface area contributed by atoms with Gasteiger partial charge in [0.15, 0.2) is 5.13 Å². The number of halogens is 17. The molecule has 1 aromatic heterocycles. The van der Waals surface area contributed by atoms with Gasteiger partial charge in [-0.1, -0.05) is 29.8 Å². The molecule has 0 aliphatic carbocycles.